The van der Waals surface area contributed by atoms with Gasteiger partial charge in [0.1, 0.15) is 11.5 Å². The van der Waals surface area contributed by atoms with Gasteiger partial charge in [0.25, 0.3) is 0 Å². The monoisotopic (exact) mass is 191 g/mol. The predicted octanol–water partition coefficient (Wildman–Crippen LogP) is 1.39. The highest BCUT2D eigenvalue weighted by molar-refractivity contribution is 5.80. The molecule has 1 aliphatic heterocycles. The summed E-state index contributed by atoms with van der Waals surface area (Å²) >= 11 is 0. The number of benzene rings is 1. The zero-order chi connectivity index (χ0) is 9.97. The third kappa shape index (κ3) is 1.77. The molecule has 74 valence electrons. The summed E-state index contributed by atoms with van der Waals surface area (Å²) < 4.78 is 0. The van der Waals surface area contributed by atoms with Crippen LogP contribution < -0.4 is 5.32 Å². The van der Waals surface area contributed by atoms with Crippen LogP contribution in [0.25, 0.3) is 0 Å². The van der Waals surface area contributed by atoms with E-state index in [1.807, 2.05) is 12.1 Å². The summed E-state index contributed by atoms with van der Waals surface area (Å²) in [5.74, 6) is 0.525. The molecular formula is C11H13NO2. The molecule has 1 unspecified atom stereocenters. The highest BCUT2D eigenvalue weighted by atomic mass is 16.3. The molecule has 0 amide bonds. The lowest BCUT2D eigenvalue weighted by molar-refractivity contribution is -0.120. The van der Waals surface area contributed by atoms with Gasteiger partial charge in [-0.15, -0.1) is 0 Å². The number of Topliss-reactive ketones (excluding diaryl/α,β-unsaturated/α-hetero) is 1. The molecule has 1 heterocycles. The van der Waals surface area contributed by atoms with Gasteiger partial charge < -0.3 is 10.4 Å². The number of ketones is 1. The van der Waals surface area contributed by atoms with Crippen molar-refractivity contribution in [2.45, 2.75) is 18.9 Å². The second-order valence-electron chi connectivity index (χ2n) is 3.56. The summed E-state index contributed by atoms with van der Waals surface area (Å²) in [6, 6.07) is 7.14. The van der Waals surface area contributed by atoms with Crippen molar-refractivity contribution in [1.82, 2.24) is 5.32 Å². The molecule has 3 heteroatoms. The minimum absolute atomic E-state index is 0.0163. The Bertz CT molecular complexity index is 349. The quantitative estimate of drug-likeness (QED) is 0.705. The van der Waals surface area contributed by atoms with Crippen molar-refractivity contribution in [1.29, 1.82) is 0 Å². The first kappa shape index (κ1) is 9.21. The molecule has 3 nitrogen and oxygen atoms in total. The van der Waals surface area contributed by atoms with Crippen molar-refractivity contribution in [3.63, 3.8) is 0 Å². The van der Waals surface area contributed by atoms with E-state index in [2.05, 4.69) is 5.32 Å². The van der Waals surface area contributed by atoms with Crippen LogP contribution in [0.5, 0.6) is 5.75 Å². The summed E-state index contributed by atoms with van der Waals surface area (Å²) in [6.45, 7) is 0.706. The Morgan fingerprint density at radius 2 is 2.14 bits per heavy atom. The van der Waals surface area contributed by atoms with Crippen LogP contribution in [0.2, 0.25) is 0 Å². The number of carbonyl (C=O) groups excluding carboxylic acids is 1. The van der Waals surface area contributed by atoms with Crippen molar-refractivity contribution in [3.05, 3.63) is 29.8 Å². The van der Waals surface area contributed by atoms with Gasteiger partial charge in [-0.1, -0.05) is 18.2 Å². The number of rotatable bonds is 1. The maximum atomic E-state index is 11.2. The van der Waals surface area contributed by atoms with Gasteiger partial charge in [-0.3, -0.25) is 4.79 Å². The normalized spacial score (nSPS) is 22.3. The zero-order valence-corrected chi connectivity index (χ0v) is 7.86. The lowest BCUT2D eigenvalue weighted by Gasteiger charge is -2.23. The summed E-state index contributed by atoms with van der Waals surface area (Å²) in [7, 11) is 0. The predicted molar refractivity (Wildman–Crippen MR) is 53.1 cm³/mol. The molecule has 0 bridgehead atoms. The van der Waals surface area contributed by atoms with Crippen molar-refractivity contribution < 1.29 is 9.90 Å². The Balaban J connectivity index is 2.22. The number of hydrogen-bond acceptors (Lipinski definition) is 3. The van der Waals surface area contributed by atoms with E-state index in [1.165, 1.54) is 0 Å². The fourth-order valence-electron chi connectivity index (χ4n) is 1.79. The third-order valence-electron chi connectivity index (χ3n) is 2.54. The van der Waals surface area contributed by atoms with E-state index in [0.29, 0.717) is 19.4 Å². The molecule has 0 saturated carbocycles. The van der Waals surface area contributed by atoms with E-state index >= 15 is 0 Å². The maximum Gasteiger partial charge on any atom is 0.136 e. The minimum Gasteiger partial charge on any atom is -0.508 e. The Morgan fingerprint density at radius 3 is 2.86 bits per heavy atom. The number of phenols is 1. The Kier molecular flexibility index (Phi) is 2.50. The number of para-hydroxylation sites is 1. The molecule has 0 radical (unpaired) electrons. The second kappa shape index (κ2) is 3.80. The first-order valence-corrected chi connectivity index (χ1v) is 4.80. The van der Waals surface area contributed by atoms with Crippen molar-refractivity contribution >= 4 is 5.78 Å². The van der Waals surface area contributed by atoms with Crippen molar-refractivity contribution in [2.24, 2.45) is 0 Å². The number of hydrogen-bond donors (Lipinski definition) is 2. The first-order chi connectivity index (χ1) is 6.77. The van der Waals surface area contributed by atoms with Crippen LogP contribution in [0.3, 0.4) is 0 Å². The van der Waals surface area contributed by atoms with E-state index < -0.39 is 0 Å². The van der Waals surface area contributed by atoms with Gasteiger partial charge in [0.2, 0.25) is 0 Å². The lowest BCUT2D eigenvalue weighted by Crippen LogP contribution is -2.31. The molecule has 14 heavy (non-hydrogen) atoms. The molecule has 1 saturated heterocycles. The van der Waals surface area contributed by atoms with Crippen LogP contribution in [-0.4, -0.2) is 17.4 Å². The number of phenolic OH excluding ortho intramolecular Hbond substituents is 1. The van der Waals surface area contributed by atoms with Crippen molar-refractivity contribution in [3.8, 4) is 5.75 Å². The average Bonchev–Trinajstić information content (AvgIpc) is 2.18. The van der Waals surface area contributed by atoms with E-state index in [9.17, 15) is 9.90 Å². The van der Waals surface area contributed by atoms with Gasteiger partial charge in [-0.2, -0.15) is 0 Å². The smallest absolute Gasteiger partial charge is 0.136 e. The van der Waals surface area contributed by atoms with Crippen LogP contribution in [0, 0.1) is 0 Å². The van der Waals surface area contributed by atoms with E-state index in [1.54, 1.807) is 12.1 Å². The summed E-state index contributed by atoms with van der Waals surface area (Å²) in [6.07, 6.45) is 1.08. The van der Waals surface area contributed by atoms with Gasteiger partial charge in [0, 0.05) is 31.0 Å². The third-order valence-corrected chi connectivity index (χ3v) is 2.54. The van der Waals surface area contributed by atoms with Gasteiger partial charge in [-0.05, 0) is 6.07 Å². The maximum absolute atomic E-state index is 11.2. The van der Waals surface area contributed by atoms with E-state index in [4.69, 9.17) is 0 Å². The minimum atomic E-state index is -0.0163. The van der Waals surface area contributed by atoms with Crippen molar-refractivity contribution in [2.75, 3.05) is 6.54 Å². The molecule has 0 spiro atoms. The number of aromatic hydroxyl groups is 1. The molecule has 1 aromatic carbocycles. The largest absolute Gasteiger partial charge is 0.508 e. The zero-order valence-electron chi connectivity index (χ0n) is 7.86. The van der Waals surface area contributed by atoms with Crippen LogP contribution >= 0.6 is 0 Å². The Morgan fingerprint density at radius 1 is 1.36 bits per heavy atom. The van der Waals surface area contributed by atoms with Crippen LogP contribution in [-0.2, 0) is 4.79 Å². The fourth-order valence-corrected chi connectivity index (χ4v) is 1.79. The van der Waals surface area contributed by atoms with Gasteiger partial charge >= 0.3 is 0 Å². The SMILES string of the molecule is O=C1CCNC(c2ccccc2O)C1. The summed E-state index contributed by atoms with van der Waals surface area (Å²) in [4.78, 5) is 11.2. The lowest BCUT2D eigenvalue weighted by atomic mass is 9.96. The molecule has 1 aromatic rings. The first-order valence-electron chi connectivity index (χ1n) is 4.80. The summed E-state index contributed by atoms with van der Waals surface area (Å²) in [5.41, 5.74) is 0.820. The molecule has 2 N–H and O–H groups in total. The van der Waals surface area contributed by atoms with E-state index in [-0.39, 0.29) is 17.6 Å². The molecule has 1 aliphatic rings. The number of piperidine rings is 1. The molecule has 0 aliphatic carbocycles. The molecule has 1 fully saturated rings. The van der Waals surface area contributed by atoms with Gasteiger partial charge in [0.15, 0.2) is 0 Å². The highest BCUT2D eigenvalue weighted by Crippen LogP contribution is 2.27. The standard InChI is InChI=1S/C11H13NO2/c13-8-5-6-12-10(7-8)9-3-1-2-4-11(9)14/h1-4,10,12,14H,5-7H2. The molecule has 1 atom stereocenters. The van der Waals surface area contributed by atoms with Crippen LogP contribution in [0.4, 0.5) is 0 Å². The average molecular weight is 191 g/mol. The highest BCUT2D eigenvalue weighted by Gasteiger charge is 2.21. The number of nitrogens with one attached hydrogen (secondary N) is 1. The van der Waals surface area contributed by atoms with Crippen LogP contribution in [0.15, 0.2) is 24.3 Å². The number of carbonyl (C=O) groups is 1. The van der Waals surface area contributed by atoms with Gasteiger partial charge in [0.05, 0.1) is 0 Å². The fraction of sp³-hybridized carbons (Fsp3) is 0.364. The van der Waals surface area contributed by atoms with Gasteiger partial charge in [-0.25, -0.2) is 0 Å². The second-order valence-corrected chi connectivity index (χ2v) is 3.56. The topological polar surface area (TPSA) is 49.3 Å². The molecule has 0 aromatic heterocycles. The molecular weight excluding hydrogens is 178 g/mol. The summed E-state index contributed by atoms with van der Waals surface area (Å²) in [5, 5.41) is 12.8. The van der Waals surface area contributed by atoms with E-state index in [0.717, 1.165) is 5.56 Å². The van der Waals surface area contributed by atoms with Crippen LogP contribution in [0.1, 0.15) is 24.4 Å². The Hall–Kier alpha value is -1.35. The molecule has 2 rings (SSSR count). The Labute approximate surface area is 82.8 Å².